The fraction of sp³-hybridized carbons (Fsp3) is 0.350. The van der Waals surface area contributed by atoms with Gasteiger partial charge in [0.25, 0.3) is 0 Å². The minimum Gasteiger partial charge on any atom is -0.207 e. The highest BCUT2D eigenvalue weighted by Gasteiger charge is 2.31. The van der Waals surface area contributed by atoms with Gasteiger partial charge in [-0.05, 0) is 60.4 Å². The first kappa shape index (κ1) is 23.6. The van der Waals surface area contributed by atoms with E-state index in [0.29, 0.717) is 17.2 Å². The molecule has 0 aliphatic carbocycles. The Bertz CT molecular complexity index is 723. The van der Waals surface area contributed by atoms with Crippen LogP contribution in [0.1, 0.15) is 55.9 Å². The van der Waals surface area contributed by atoms with E-state index in [9.17, 15) is 22.0 Å². The van der Waals surface area contributed by atoms with E-state index in [-0.39, 0.29) is 11.7 Å². The molecule has 0 unspecified atom stereocenters. The van der Waals surface area contributed by atoms with Crippen molar-refractivity contribution in [1.29, 1.82) is 5.26 Å². The van der Waals surface area contributed by atoms with Crippen LogP contribution in [0, 0.1) is 29.9 Å². The van der Waals surface area contributed by atoms with Crippen LogP contribution in [0.3, 0.4) is 0 Å². The van der Waals surface area contributed by atoms with Crippen LogP contribution in [0.2, 0.25) is 0 Å². The molecule has 0 saturated heterocycles. The van der Waals surface area contributed by atoms with Gasteiger partial charge in [0.1, 0.15) is 11.6 Å². The van der Waals surface area contributed by atoms with Crippen LogP contribution in [0.4, 0.5) is 22.0 Å². The zero-order chi connectivity index (χ0) is 20.5. The summed E-state index contributed by atoms with van der Waals surface area (Å²) in [6, 6.07) is 8.73. The van der Waals surface area contributed by atoms with Gasteiger partial charge in [0.15, 0.2) is 0 Å². The van der Waals surface area contributed by atoms with Gasteiger partial charge in [-0.3, -0.25) is 0 Å². The lowest BCUT2D eigenvalue weighted by Crippen LogP contribution is -2.06. The normalized spacial score (nSPS) is 10.2. The van der Waals surface area contributed by atoms with E-state index in [4.69, 9.17) is 5.26 Å². The van der Waals surface area contributed by atoms with Crippen molar-refractivity contribution in [2.75, 3.05) is 0 Å². The zero-order valence-electron chi connectivity index (χ0n) is 15.4. The van der Waals surface area contributed by atoms with Crippen LogP contribution in [0.5, 0.6) is 0 Å². The van der Waals surface area contributed by atoms with Crippen molar-refractivity contribution < 1.29 is 22.0 Å². The molecule has 0 aliphatic heterocycles. The second-order valence-electron chi connectivity index (χ2n) is 5.55. The largest absolute Gasteiger partial charge is 0.416 e. The molecular weight excluding hydrogens is 349 g/mol. The van der Waals surface area contributed by atoms with Crippen LogP contribution in [-0.2, 0) is 6.18 Å². The number of aryl methyl sites for hydroxylation is 1. The summed E-state index contributed by atoms with van der Waals surface area (Å²) in [5.41, 5.74) is 0.576. The zero-order valence-corrected chi connectivity index (χ0v) is 15.4. The van der Waals surface area contributed by atoms with E-state index >= 15 is 0 Å². The maximum atomic E-state index is 12.8. The van der Waals surface area contributed by atoms with Gasteiger partial charge in [-0.15, -0.1) is 0 Å². The second kappa shape index (κ2) is 10.5. The molecule has 2 aromatic rings. The number of halogens is 5. The molecule has 0 amide bonds. The lowest BCUT2D eigenvalue weighted by molar-refractivity contribution is -0.137. The molecule has 0 spiro atoms. The summed E-state index contributed by atoms with van der Waals surface area (Å²) in [5.74, 6) is -1.31. The van der Waals surface area contributed by atoms with Crippen LogP contribution in [-0.4, -0.2) is 0 Å². The quantitative estimate of drug-likeness (QED) is 0.495. The Balaban J connectivity index is 0.000000458. The maximum Gasteiger partial charge on any atom is 0.416 e. The van der Waals surface area contributed by atoms with Gasteiger partial charge in [-0.25, -0.2) is 8.78 Å². The summed E-state index contributed by atoms with van der Waals surface area (Å²) >= 11 is 0. The average Bonchev–Trinajstić information content (AvgIpc) is 2.55. The van der Waals surface area contributed by atoms with E-state index in [1.807, 2.05) is 19.9 Å². The lowest BCUT2D eigenvalue weighted by atomic mass is 10.0. The molecule has 2 aromatic carbocycles. The molecule has 0 fully saturated rings. The van der Waals surface area contributed by atoms with Gasteiger partial charge in [0, 0.05) is 0 Å². The van der Waals surface area contributed by atoms with Gasteiger partial charge >= 0.3 is 6.18 Å². The van der Waals surface area contributed by atoms with E-state index in [2.05, 4.69) is 0 Å². The maximum absolute atomic E-state index is 12.8. The van der Waals surface area contributed by atoms with E-state index in [1.165, 1.54) is 12.1 Å². The predicted octanol–water partition coefficient (Wildman–Crippen LogP) is 7.00. The molecule has 142 valence electrons. The Labute approximate surface area is 151 Å². The summed E-state index contributed by atoms with van der Waals surface area (Å²) in [6.45, 7) is 9.19. The SMILES string of the molecule is CC.CC(C)c1cc(F)cc(C(F)(F)F)c1.Cc1cc(F)cc(C#N)c1. The topological polar surface area (TPSA) is 23.8 Å². The number of benzene rings is 2. The summed E-state index contributed by atoms with van der Waals surface area (Å²) in [5, 5.41) is 8.37. The van der Waals surface area contributed by atoms with Crippen LogP contribution in [0.15, 0.2) is 36.4 Å². The fourth-order valence-electron chi connectivity index (χ4n) is 1.91. The number of hydrogen-bond acceptors (Lipinski definition) is 1. The highest BCUT2D eigenvalue weighted by Crippen LogP contribution is 2.31. The molecular formula is C20H22F5N. The first-order chi connectivity index (χ1) is 12.0. The Morgan fingerprint density at radius 1 is 0.885 bits per heavy atom. The molecule has 0 atom stereocenters. The van der Waals surface area contributed by atoms with Crippen LogP contribution >= 0.6 is 0 Å². The smallest absolute Gasteiger partial charge is 0.207 e. The molecule has 2 rings (SSSR count). The molecule has 0 N–H and O–H groups in total. The molecule has 0 bridgehead atoms. The van der Waals surface area contributed by atoms with Crippen molar-refractivity contribution in [2.24, 2.45) is 0 Å². The third kappa shape index (κ3) is 8.11. The Morgan fingerprint density at radius 2 is 1.42 bits per heavy atom. The Kier molecular flexibility index (Phi) is 9.56. The van der Waals surface area contributed by atoms with Gasteiger partial charge in [0.05, 0.1) is 17.2 Å². The van der Waals surface area contributed by atoms with Crippen LogP contribution in [0.25, 0.3) is 0 Å². The summed E-state index contributed by atoms with van der Waals surface area (Å²) < 4.78 is 62.0. The summed E-state index contributed by atoms with van der Waals surface area (Å²) in [6.07, 6.45) is -4.48. The molecule has 0 heterocycles. The standard InChI is InChI=1S/C10H10F4.C8H6FN.C2H6/c1-6(2)7-3-8(10(12,13)14)5-9(11)4-7;1-6-2-7(5-10)4-8(9)3-6;1-2/h3-6H,1-2H3;2-4H,1H3;1-2H3. The Hall–Kier alpha value is -2.42. The number of nitrogens with zero attached hydrogens (tertiary/aromatic N) is 1. The number of rotatable bonds is 1. The van der Waals surface area contributed by atoms with Crippen molar-refractivity contribution in [3.63, 3.8) is 0 Å². The molecule has 6 heteroatoms. The van der Waals surface area contributed by atoms with Crippen molar-refractivity contribution in [1.82, 2.24) is 0 Å². The van der Waals surface area contributed by atoms with Crippen LogP contribution < -0.4 is 0 Å². The lowest BCUT2D eigenvalue weighted by Gasteiger charge is -2.11. The minimum atomic E-state index is -4.48. The second-order valence-corrected chi connectivity index (χ2v) is 5.55. The summed E-state index contributed by atoms with van der Waals surface area (Å²) in [7, 11) is 0. The molecule has 0 aromatic heterocycles. The van der Waals surface area contributed by atoms with E-state index in [0.717, 1.165) is 17.7 Å². The predicted molar refractivity (Wildman–Crippen MR) is 92.7 cm³/mol. The first-order valence-corrected chi connectivity index (χ1v) is 8.08. The minimum absolute atomic E-state index is 0.119. The third-order valence-electron chi connectivity index (χ3n) is 3.09. The van der Waals surface area contributed by atoms with E-state index in [1.54, 1.807) is 26.8 Å². The fourth-order valence-corrected chi connectivity index (χ4v) is 1.91. The molecule has 0 aliphatic rings. The van der Waals surface area contributed by atoms with Gasteiger partial charge in [-0.2, -0.15) is 18.4 Å². The first-order valence-electron chi connectivity index (χ1n) is 8.08. The van der Waals surface area contributed by atoms with E-state index < -0.39 is 17.6 Å². The van der Waals surface area contributed by atoms with Crippen molar-refractivity contribution >= 4 is 0 Å². The monoisotopic (exact) mass is 371 g/mol. The highest BCUT2D eigenvalue weighted by atomic mass is 19.4. The van der Waals surface area contributed by atoms with Gasteiger partial charge < -0.3 is 0 Å². The molecule has 0 radical (unpaired) electrons. The van der Waals surface area contributed by atoms with Crippen molar-refractivity contribution in [3.8, 4) is 6.07 Å². The number of hydrogen-bond donors (Lipinski definition) is 0. The van der Waals surface area contributed by atoms with Gasteiger partial charge in [-0.1, -0.05) is 27.7 Å². The Morgan fingerprint density at radius 3 is 1.85 bits per heavy atom. The average molecular weight is 371 g/mol. The number of nitriles is 1. The highest BCUT2D eigenvalue weighted by molar-refractivity contribution is 5.32. The summed E-state index contributed by atoms with van der Waals surface area (Å²) in [4.78, 5) is 0. The molecule has 0 saturated carbocycles. The van der Waals surface area contributed by atoms with Gasteiger partial charge in [0.2, 0.25) is 0 Å². The number of alkyl halides is 3. The molecule has 26 heavy (non-hydrogen) atoms. The molecule has 1 nitrogen and oxygen atoms in total. The van der Waals surface area contributed by atoms with Crippen molar-refractivity contribution in [2.45, 2.75) is 46.7 Å². The van der Waals surface area contributed by atoms with Crippen molar-refractivity contribution in [3.05, 3.63) is 70.3 Å². The third-order valence-corrected chi connectivity index (χ3v) is 3.09.